The van der Waals surface area contributed by atoms with Crippen LogP contribution in [0.4, 0.5) is 6.01 Å². The molecule has 0 bridgehead atoms. The SMILES string of the molecule is CC(C)c1noc(N2CCC(C3CC3CCO)CC2)n1. The van der Waals surface area contributed by atoms with Gasteiger partial charge in [0.1, 0.15) is 0 Å². The summed E-state index contributed by atoms with van der Waals surface area (Å²) in [5, 5.41) is 13.0. The quantitative estimate of drug-likeness (QED) is 0.897. The zero-order chi connectivity index (χ0) is 14.1. The van der Waals surface area contributed by atoms with Crippen LogP contribution in [0.15, 0.2) is 4.52 Å². The fraction of sp³-hybridized carbons (Fsp3) is 0.867. The number of hydrogen-bond acceptors (Lipinski definition) is 5. The lowest BCUT2D eigenvalue weighted by atomic mass is 9.91. The Balaban J connectivity index is 1.51. The van der Waals surface area contributed by atoms with E-state index in [1.807, 2.05) is 0 Å². The van der Waals surface area contributed by atoms with E-state index in [1.54, 1.807) is 0 Å². The topological polar surface area (TPSA) is 62.4 Å². The van der Waals surface area contributed by atoms with Crippen LogP contribution in [0.2, 0.25) is 0 Å². The predicted molar refractivity (Wildman–Crippen MR) is 76.6 cm³/mol. The van der Waals surface area contributed by atoms with E-state index in [4.69, 9.17) is 9.63 Å². The van der Waals surface area contributed by atoms with E-state index in [1.165, 1.54) is 19.3 Å². The lowest BCUT2D eigenvalue weighted by molar-refractivity contribution is 0.265. The largest absolute Gasteiger partial charge is 0.396 e. The van der Waals surface area contributed by atoms with Gasteiger partial charge in [-0.25, -0.2) is 0 Å². The molecule has 0 amide bonds. The normalized spacial score (nSPS) is 27.3. The summed E-state index contributed by atoms with van der Waals surface area (Å²) >= 11 is 0. The fourth-order valence-corrected chi connectivity index (χ4v) is 3.45. The smallest absolute Gasteiger partial charge is 0.324 e. The number of hydrogen-bond donors (Lipinski definition) is 1. The number of aliphatic hydroxyl groups excluding tert-OH is 1. The van der Waals surface area contributed by atoms with E-state index < -0.39 is 0 Å². The third-order valence-corrected chi connectivity index (χ3v) is 4.84. The van der Waals surface area contributed by atoms with Gasteiger partial charge in [0.2, 0.25) is 0 Å². The number of nitrogens with zero attached hydrogens (tertiary/aromatic N) is 3. The number of rotatable bonds is 5. The minimum Gasteiger partial charge on any atom is -0.396 e. The molecule has 5 heteroatoms. The third-order valence-electron chi connectivity index (χ3n) is 4.84. The molecule has 112 valence electrons. The number of anilines is 1. The first kappa shape index (κ1) is 13.9. The first-order valence-corrected chi connectivity index (χ1v) is 7.88. The molecule has 1 aliphatic heterocycles. The molecule has 1 aromatic heterocycles. The van der Waals surface area contributed by atoms with Crippen molar-refractivity contribution < 1.29 is 9.63 Å². The molecule has 0 aromatic carbocycles. The van der Waals surface area contributed by atoms with E-state index in [0.717, 1.165) is 43.1 Å². The highest BCUT2D eigenvalue weighted by atomic mass is 16.5. The number of piperidine rings is 1. The van der Waals surface area contributed by atoms with Crippen molar-refractivity contribution in [1.29, 1.82) is 0 Å². The first-order valence-electron chi connectivity index (χ1n) is 7.88. The summed E-state index contributed by atoms with van der Waals surface area (Å²) in [7, 11) is 0. The van der Waals surface area contributed by atoms with Crippen molar-refractivity contribution in [2.75, 3.05) is 24.6 Å². The second-order valence-electron chi connectivity index (χ2n) is 6.59. The Hall–Kier alpha value is -1.10. The van der Waals surface area contributed by atoms with Crippen molar-refractivity contribution in [3.63, 3.8) is 0 Å². The van der Waals surface area contributed by atoms with Gasteiger partial charge in [-0.05, 0) is 43.4 Å². The van der Waals surface area contributed by atoms with Crippen LogP contribution < -0.4 is 4.90 Å². The summed E-state index contributed by atoms with van der Waals surface area (Å²) in [6.07, 6.45) is 4.74. The molecule has 1 saturated carbocycles. The van der Waals surface area contributed by atoms with Crippen LogP contribution in [0.1, 0.15) is 51.3 Å². The van der Waals surface area contributed by atoms with E-state index in [9.17, 15) is 0 Å². The van der Waals surface area contributed by atoms with Gasteiger partial charge < -0.3 is 14.5 Å². The maximum atomic E-state index is 8.99. The summed E-state index contributed by atoms with van der Waals surface area (Å²) in [5.41, 5.74) is 0. The summed E-state index contributed by atoms with van der Waals surface area (Å²) in [5.74, 6) is 3.59. The lowest BCUT2D eigenvalue weighted by Gasteiger charge is -2.30. The Morgan fingerprint density at radius 2 is 2.10 bits per heavy atom. The van der Waals surface area contributed by atoms with Gasteiger partial charge >= 0.3 is 6.01 Å². The molecule has 2 fully saturated rings. The molecule has 3 rings (SSSR count). The highest BCUT2D eigenvalue weighted by Crippen LogP contribution is 2.49. The third kappa shape index (κ3) is 2.82. The Labute approximate surface area is 120 Å². The predicted octanol–water partition coefficient (Wildman–Crippen LogP) is 2.43. The molecule has 0 spiro atoms. The van der Waals surface area contributed by atoms with Crippen LogP contribution in [0.3, 0.4) is 0 Å². The molecule has 1 saturated heterocycles. The van der Waals surface area contributed by atoms with Gasteiger partial charge in [0.05, 0.1) is 0 Å². The van der Waals surface area contributed by atoms with Gasteiger partial charge in [-0.3, -0.25) is 0 Å². The molecule has 1 aromatic rings. The fourth-order valence-electron chi connectivity index (χ4n) is 3.45. The minimum atomic E-state index is 0.316. The van der Waals surface area contributed by atoms with E-state index in [2.05, 4.69) is 28.9 Å². The summed E-state index contributed by atoms with van der Waals surface area (Å²) in [4.78, 5) is 6.70. The minimum absolute atomic E-state index is 0.316. The van der Waals surface area contributed by atoms with Crippen molar-refractivity contribution in [3.05, 3.63) is 5.82 Å². The van der Waals surface area contributed by atoms with E-state index in [0.29, 0.717) is 18.5 Å². The van der Waals surface area contributed by atoms with Gasteiger partial charge in [0, 0.05) is 25.6 Å². The second kappa shape index (κ2) is 5.72. The Kier molecular flexibility index (Phi) is 3.96. The van der Waals surface area contributed by atoms with Gasteiger partial charge in [0.25, 0.3) is 0 Å². The van der Waals surface area contributed by atoms with Gasteiger partial charge in [-0.1, -0.05) is 19.0 Å². The Morgan fingerprint density at radius 1 is 1.35 bits per heavy atom. The average Bonchev–Trinajstić information content (AvgIpc) is 3.03. The Bertz CT molecular complexity index is 438. The molecule has 20 heavy (non-hydrogen) atoms. The standard InChI is InChI=1S/C15H25N3O2/c1-10(2)14-16-15(20-17-14)18-6-3-11(4-7-18)13-9-12(13)5-8-19/h10-13,19H,3-9H2,1-2H3. The zero-order valence-electron chi connectivity index (χ0n) is 12.5. The Morgan fingerprint density at radius 3 is 2.70 bits per heavy atom. The van der Waals surface area contributed by atoms with Crippen molar-refractivity contribution in [1.82, 2.24) is 10.1 Å². The molecule has 0 radical (unpaired) electrons. The molecular formula is C15H25N3O2. The molecule has 1 aliphatic carbocycles. The zero-order valence-corrected chi connectivity index (χ0v) is 12.5. The van der Waals surface area contributed by atoms with E-state index >= 15 is 0 Å². The molecule has 2 unspecified atom stereocenters. The van der Waals surface area contributed by atoms with Crippen LogP contribution in [-0.4, -0.2) is 34.9 Å². The highest BCUT2D eigenvalue weighted by molar-refractivity contribution is 5.26. The van der Waals surface area contributed by atoms with Crippen LogP contribution in [0.5, 0.6) is 0 Å². The second-order valence-corrected chi connectivity index (χ2v) is 6.59. The van der Waals surface area contributed by atoms with Gasteiger partial charge in [0.15, 0.2) is 5.82 Å². The first-order chi connectivity index (χ1) is 9.69. The van der Waals surface area contributed by atoms with Crippen molar-refractivity contribution >= 4 is 6.01 Å². The maximum Gasteiger partial charge on any atom is 0.324 e. The van der Waals surface area contributed by atoms with Crippen LogP contribution >= 0.6 is 0 Å². The van der Waals surface area contributed by atoms with E-state index in [-0.39, 0.29) is 0 Å². The summed E-state index contributed by atoms with van der Waals surface area (Å²) in [6.45, 7) is 6.55. The molecule has 1 N–H and O–H groups in total. The molecule has 2 atom stereocenters. The van der Waals surface area contributed by atoms with Crippen molar-refractivity contribution in [3.8, 4) is 0 Å². The van der Waals surface area contributed by atoms with Crippen LogP contribution in [0, 0.1) is 17.8 Å². The summed E-state index contributed by atoms with van der Waals surface area (Å²) < 4.78 is 5.37. The highest BCUT2D eigenvalue weighted by Gasteiger charge is 2.43. The number of aliphatic hydroxyl groups is 1. The molecule has 2 heterocycles. The van der Waals surface area contributed by atoms with Crippen molar-refractivity contribution in [2.45, 2.75) is 45.4 Å². The molecule has 2 aliphatic rings. The average molecular weight is 279 g/mol. The maximum absolute atomic E-state index is 8.99. The van der Waals surface area contributed by atoms with Gasteiger partial charge in [-0.15, -0.1) is 0 Å². The summed E-state index contributed by atoms with van der Waals surface area (Å²) in [6, 6.07) is 0.690. The molecule has 5 nitrogen and oxygen atoms in total. The molecular weight excluding hydrogens is 254 g/mol. The van der Waals surface area contributed by atoms with Crippen molar-refractivity contribution in [2.24, 2.45) is 17.8 Å². The monoisotopic (exact) mass is 279 g/mol. The van der Waals surface area contributed by atoms with Gasteiger partial charge in [-0.2, -0.15) is 4.98 Å². The van der Waals surface area contributed by atoms with Crippen LogP contribution in [-0.2, 0) is 0 Å². The number of aromatic nitrogens is 2. The lowest BCUT2D eigenvalue weighted by Crippen LogP contribution is -2.34. The van der Waals surface area contributed by atoms with Crippen LogP contribution in [0.25, 0.3) is 0 Å².